The van der Waals surface area contributed by atoms with E-state index >= 15 is 0 Å². The number of hydrogen-bond acceptors (Lipinski definition) is 3. The zero-order valence-electron chi connectivity index (χ0n) is 10.6. The van der Waals surface area contributed by atoms with Gasteiger partial charge < -0.3 is 15.2 Å². The highest BCUT2D eigenvalue weighted by molar-refractivity contribution is 5.75. The van der Waals surface area contributed by atoms with E-state index in [-0.39, 0.29) is 12.0 Å². The zero-order valence-corrected chi connectivity index (χ0v) is 10.6. The van der Waals surface area contributed by atoms with Crippen molar-refractivity contribution < 1.29 is 14.6 Å². The molecule has 0 saturated heterocycles. The zero-order chi connectivity index (χ0) is 13.0. The van der Waals surface area contributed by atoms with E-state index in [1.54, 1.807) is 7.05 Å². The minimum Gasteiger partial charge on any atom is -0.493 e. The molecule has 18 heavy (non-hydrogen) atoms. The van der Waals surface area contributed by atoms with Crippen molar-refractivity contribution in [3.05, 3.63) is 29.3 Å². The van der Waals surface area contributed by atoms with Gasteiger partial charge in [-0.25, -0.2) is 0 Å². The number of carbonyl (C=O) groups excluding carboxylic acids is 1. The van der Waals surface area contributed by atoms with Crippen molar-refractivity contribution >= 4 is 5.91 Å². The quantitative estimate of drug-likeness (QED) is 0.851. The van der Waals surface area contributed by atoms with Gasteiger partial charge in [0.2, 0.25) is 5.91 Å². The van der Waals surface area contributed by atoms with E-state index in [1.165, 1.54) is 0 Å². The van der Waals surface area contributed by atoms with Crippen LogP contribution in [0, 0.1) is 0 Å². The Hall–Kier alpha value is -1.55. The molecular weight excluding hydrogens is 230 g/mol. The Morgan fingerprint density at radius 3 is 3.17 bits per heavy atom. The number of aliphatic hydroxyl groups is 1. The molecule has 1 unspecified atom stereocenters. The average molecular weight is 249 g/mol. The molecule has 0 aliphatic heterocycles. The van der Waals surface area contributed by atoms with Gasteiger partial charge in [0.1, 0.15) is 5.75 Å². The summed E-state index contributed by atoms with van der Waals surface area (Å²) in [5.41, 5.74) is 2.17. The molecule has 0 heterocycles. The van der Waals surface area contributed by atoms with Crippen LogP contribution >= 0.6 is 0 Å². The van der Waals surface area contributed by atoms with Crippen molar-refractivity contribution in [3.8, 4) is 5.75 Å². The summed E-state index contributed by atoms with van der Waals surface area (Å²) in [5.74, 6) is 0.745. The van der Waals surface area contributed by atoms with E-state index < -0.39 is 0 Å². The molecule has 1 aromatic rings. The predicted molar refractivity (Wildman–Crippen MR) is 68.5 cm³/mol. The second-order valence-electron chi connectivity index (χ2n) is 4.54. The lowest BCUT2D eigenvalue weighted by molar-refractivity contribution is -0.121. The van der Waals surface area contributed by atoms with Crippen LogP contribution in [0.5, 0.6) is 5.75 Å². The van der Waals surface area contributed by atoms with Crippen LogP contribution in [0.15, 0.2) is 18.2 Å². The van der Waals surface area contributed by atoms with Crippen molar-refractivity contribution in [2.24, 2.45) is 0 Å². The van der Waals surface area contributed by atoms with Crippen LogP contribution in [0.4, 0.5) is 0 Å². The summed E-state index contributed by atoms with van der Waals surface area (Å²) in [7, 11) is 1.61. The normalized spacial score (nSPS) is 18.0. The maximum absolute atomic E-state index is 11.1. The van der Waals surface area contributed by atoms with Crippen LogP contribution < -0.4 is 10.1 Å². The molecule has 0 spiro atoms. The minimum absolute atomic E-state index is 0.0246. The molecule has 0 aromatic heterocycles. The molecule has 1 aliphatic carbocycles. The first-order valence-corrected chi connectivity index (χ1v) is 6.35. The number of aryl methyl sites for hydroxylation is 1. The van der Waals surface area contributed by atoms with Gasteiger partial charge in [-0.05, 0) is 42.5 Å². The second kappa shape index (κ2) is 5.87. The van der Waals surface area contributed by atoms with E-state index in [0.717, 1.165) is 36.1 Å². The van der Waals surface area contributed by atoms with Crippen LogP contribution in [0.1, 0.15) is 36.5 Å². The van der Waals surface area contributed by atoms with Crippen LogP contribution in [0.25, 0.3) is 0 Å². The Kier molecular flexibility index (Phi) is 4.20. The molecule has 1 aromatic carbocycles. The van der Waals surface area contributed by atoms with Gasteiger partial charge in [0.15, 0.2) is 0 Å². The van der Waals surface area contributed by atoms with E-state index in [0.29, 0.717) is 13.0 Å². The highest BCUT2D eigenvalue weighted by Gasteiger charge is 2.18. The van der Waals surface area contributed by atoms with Gasteiger partial charge >= 0.3 is 0 Å². The summed E-state index contributed by atoms with van der Waals surface area (Å²) in [4.78, 5) is 11.1. The smallest absolute Gasteiger partial charge is 0.223 e. The summed E-state index contributed by atoms with van der Waals surface area (Å²) in [6.45, 7) is 0.376. The molecular formula is C14H19NO3. The lowest BCUT2D eigenvalue weighted by Crippen LogP contribution is -2.20. The molecule has 4 nitrogen and oxygen atoms in total. The first-order chi connectivity index (χ1) is 8.70. The third kappa shape index (κ3) is 3.01. The lowest BCUT2D eigenvalue weighted by atomic mass is 9.89. The Morgan fingerprint density at radius 1 is 1.56 bits per heavy atom. The van der Waals surface area contributed by atoms with Gasteiger partial charge in [0.25, 0.3) is 0 Å². The fourth-order valence-electron chi connectivity index (χ4n) is 2.24. The number of hydrogen-bond donors (Lipinski definition) is 2. The maximum Gasteiger partial charge on any atom is 0.223 e. The highest BCUT2D eigenvalue weighted by atomic mass is 16.5. The largest absolute Gasteiger partial charge is 0.493 e. The number of nitrogens with one attached hydrogen (secondary N) is 1. The highest BCUT2D eigenvalue weighted by Crippen LogP contribution is 2.31. The van der Waals surface area contributed by atoms with Gasteiger partial charge in [0, 0.05) is 7.05 Å². The Labute approximate surface area is 107 Å². The standard InChI is InChI=1S/C14H19NO3/c1-15-14(17)7-8-18-11-5-6-12-10(9-11)3-2-4-13(12)16/h5-6,9,13,16H,2-4,7-8H2,1H3,(H,15,17). The van der Waals surface area contributed by atoms with Crippen LogP contribution in [0.2, 0.25) is 0 Å². The summed E-state index contributed by atoms with van der Waals surface area (Å²) in [5, 5.41) is 12.4. The number of ether oxygens (including phenoxy) is 1. The molecule has 0 fully saturated rings. The number of carbonyl (C=O) groups is 1. The third-order valence-corrected chi connectivity index (χ3v) is 3.27. The predicted octanol–water partition coefficient (Wildman–Crippen LogP) is 1.57. The number of amides is 1. The first-order valence-electron chi connectivity index (χ1n) is 6.35. The first kappa shape index (κ1) is 12.9. The van der Waals surface area contributed by atoms with Gasteiger partial charge in [-0.1, -0.05) is 6.07 Å². The molecule has 1 amide bonds. The van der Waals surface area contributed by atoms with Crippen molar-refractivity contribution in [1.82, 2.24) is 5.32 Å². The van der Waals surface area contributed by atoms with Crippen LogP contribution in [0.3, 0.4) is 0 Å². The molecule has 2 rings (SSSR count). The summed E-state index contributed by atoms with van der Waals surface area (Å²) in [6, 6.07) is 5.76. The second-order valence-corrected chi connectivity index (χ2v) is 4.54. The fraction of sp³-hybridized carbons (Fsp3) is 0.500. The Bertz CT molecular complexity index is 431. The molecule has 0 saturated carbocycles. The topological polar surface area (TPSA) is 58.6 Å². The molecule has 1 atom stereocenters. The molecule has 1 aliphatic rings. The third-order valence-electron chi connectivity index (χ3n) is 3.27. The Balaban J connectivity index is 1.96. The number of rotatable bonds is 4. The number of aliphatic hydroxyl groups excluding tert-OH is 1. The summed E-state index contributed by atoms with van der Waals surface area (Å²) in [6.07, 6.45) is 2.85. The van der Waals surface area contributed by atoms with Gasteiger partial charge in [-0.3, -0.25) is 4.79 Å². The van der Waals surface area contributed by atoms with Gasteiger partial charge in [0.05, 0.1) is 19.1 Å². The SMILES string of the molecule is CNC(=O)CCOc1ccc2c(c1)CCCC2O. The van der Waals surface area contributed by atoms with E-state index in [2.05, 4.69) is 5.32 Å². The Morgan fingerprint density at radius 2 is 2.39 bits per heavy atom. The molecule has 0 radical (unpaired) electrons. The molecule has 2 N–H and O–H groups in total. The average Bonchev–Trinajstić information content (AvgIpc) is 2.38. The van der Waals surface area contributed by atoms with Crippen molar-refractivity contribution in [2.45, 2.75) is 31.8 Å². The van der Waals surface area contributed by atoms with Crippen molar-refractivity contribution in [3.63, 3.8) is 0 Å². The maximum atomic E-state index is 11.1. The van der Waals surface area contributed by atoms with Crippen molar-refractivity contribution in [2.75, 3.05) is 13.7 Å². The minimum atomic E-state index is -0.339. The summed E-state index contributed by atoms with van der Waals surface area (Å²) >= 11 is 0. The summed E-state index contributed by atoms with van der Waals surface area (Å²) < 4.78 is 5.54. The van der Waals surface area contributed by atoms with Gasteiger partial charge in [-0.15, -0.1) is 0 Å². The van der Waals surface area contributed by atoms with Gasteiger partial charge in [-0.2, -0.15) is 0 Å². The van der Waals surface area contributed by atoms with Crippen LogP contribution in [-0.4, -0.2) is 24.7 Å². The molecule has 98 valence electrons. The van der Waals surface area contributed by atoms with E-state index in [4.69, 9.17) is 4.74 Å². The van der Waals surface area contributed by atoms with E-state index in [9.17, 15) is 9.90 Å². The molecule has 4 heteroatoms. The van der Waals surface area contributed by atoms with Crippen LogP contribution in [-0.2, 0) is 11.2 Å². The monoisotopic (exact) mass is 249 g/mol. The van der Waals surface area contributed by atoms with Crippen molar-refractivity contribution in [1.29, 1.82) is 0 Å². The number of benzene rings is 1. The number of fused-ring (bicyclic) bond motifs is 1. The molecule has 0 bridgehead atoms. The lowest BCUT2D eigenvalue weighted by Gasteiger charge is -2.21. The fourth-order valence-corrected chi connectivity index (χ4v) is 2.24. The van der Waals surface area contributed by atoms with E-state index in [1.807, 2.05) is 18.2 Å².